The standard InChI is InChI=1S/C106H107BN4/c1-100(2,3)70-46-38-66(39-47-70)83-58-74(104(13,14)15)59-84(67-40-48-71(49-41-67)101(4,5)6)98(83)110-93-64-77(108-89-34-26-22-30-79(89)80-31-23-27-35-90(80)108)54-56-87(93)107-88-57-55-78(109-91-36-28-24-32-81(91)82-33-25-29-37-92(82)109)65-94(88)111(96-63-76(106(19,20)21)62-95(110)97(96)107)99-85(68-42-50-72(51-43-68)102(7,8)9)60-75(105(16,17)18)61-86(99)69-44-52-73(53-45-69)103(10,11)12/h22-65H,1-21H3. The van der Waals surface area contributed by atoms with Gasteiger partial charge in [-0.3, -0.25) is 0 Å². The zero-order chi connectivity index (χ0) is 78.1. The number of para-hydroxylation sites is 4. The number of fused-ring (bicyclic) bond motifs is 10. The van der Waals surface area contributed by atoms with Gasteiger partial charge in [0.1, 0.15) is 0 Å². The Kier molecular flexibility index (Phi) is 17.0. The topological polar surface area (TPSA) is 16.3 Å². The summed E-state index contributed by atoms with van der Waals surface area (Å²) in [6.07, 6.45) is 0. The average molecular weight is 1450 g/mol. The number of hydrogen-bond acceptors (Lipinski definition) is 2. The fourth-order valence-electron chi connectivity index (χ4n) is 17.7. The minimum absolute atomic E-state index is 0.0595. The van der Waals surface area contributed by atoms with Gasteiger partial charge in [0, 0.05) is 77.9 Å². The van der Waals surface area contributed by atoms with Crippen LogP contribution in [0.25, 0.3) is 99.5 Å². The molecule has 2 aromatic heterocycles. The van der Waals surface area contributed by atoms with Crippen molar-refractivity contribution in [1.29, 1.82) is 0 Å². The van der Waals surface area contributed by atoms with E-state index in [0.29, 0.717) is 0 Å². The van der Waals surface area contributed by atoms with Crippen LogP contribution in [-0.2, 0) is 37.9 Å². The zero-order valence-electron chi connectivity index (χ0n) is 69.3. The number of nitrogens with zero attached hydrogens (tertiary/aromatic N) is 4. The van der Waals surface area contributed by atoms with E-state index in [1.807, 2.05) is 0 Å². The minimum Gasteiger partial charge on any atom is -0.310 e. The molecular weight excluding hydrogens is 1340 g/mol. The Labute approximate surface area is 660 Å². The highest BCUT2D eigenvalue weighted by molar-refractivity contribution is 7.00. The Bertz CT molecular complexity index is 5570. The molecule has 0 amide bonds. The summed E-state index contributed by atoms with van der Waals surface area (Å²) in [4.78, 5) is 5.56. The molecule has 0 saturated heterocycles. The van der Waals surface area contributed by atoms with Crippen LogP contribution in [0.1, 0.15) is 184 Å². The van der Waals surface area contributed by atoms with Gasteiger partial charge in [-0.2, -0.15) is 0 Å². The second-order valence-electron chi connectivity index (χ2n) is 39.2. The quantitative estimate of drug-likeness (QED) is 0.141. The molecule has 0 radical (unpaired) electrons. The maximum absolute atomic E-state index is 2.78. The molecule has 0 atom stereocenters. The van der Waals surface area contributed by atoms with Crippen molar-refractivity contribution in [2.24, 2.45) is 0 Å². The van der Waals surface area contributed by atoms with E-state index in [4.69, 9.17) is 0 Å². The van der Waals surface area contributed by atoms with Crippen LogP contribution < -0.4 is 26.2 Å². The van der Waals surface area contributed by atoms with Gasteiger partial charge < -0.3 is 18.9 Å². The van der Waals surface area contributed by atoms with Gasteiger partial charge in [0.25, 0.3) is 6.71 Å². The van der Waals surface area contributed by atoms with Crippen LogP contribution in [0.2, 0.25) is 0 Å². The highest BCUT2D eigenvalue weighted by Gasteiger charge is 2.47. The maximum Gasteiger partial charge on any atom is 0.252 e. The van der Waals surface area contributed by atoms with E-state index in [2.05, 4.69) is 431 Å². The van der Waals surface area contributed by atoms with Crippen LogP contribution in [0, 0.1) is 0 Å². The summed E-state index contributed by atoms with van der Waals surface area (Å²) in [5.41, 5.74) is 35.0. The van der Waals surface area contributed by atoms with Crippen molar-refractivity contribution in [3.8, 4) is 55.9 Å². The summed E-state index contributed by atoms with van der Waals surface area (Å²) in [6.45, 7) is 49.3. The molecule has 13 aromatic carbocycles. The molecule has 15 aromatic rings. The van der Waals surface area contributed by atoms with E-state index in [9.17, 15) is 0 Å². The fraction of sp³-hybridized carbons (Fsp3) is 0.264. The molecule has 2 aliphatic heterocycles. The van der Waals surface area contributed by atoms with Crippen molar-refractivity contribution in [2.75, 3.05) is 9.80 Å². The lowest BCUT2D eigenvalue weighted by Gasteiger charge is -2.47. The van der Waals surface area contributed by atoms with Crippen LogP contribution in [-0.4, -0.2) is 15.8 Å². The molecule has 554 valence electrons. The van der Waals surface area contributed by atoms with Gasteiger partial charge in [0.2, 0.25) is 0 Å². The number of hydrogen-bond donors (Lipinski definition) is 0. The van der Waals surface area contributed by atoms with E-state index >= 15 is 0 Å². The van der Waals surface area contributed by atoms with Gasteiger partial charge in [0.15, 0.2) is 0 Å². The van der Waals surface area contributed by atoms with Crippen LogP contribution in [0.5, 0.6) is 0 Å². The van der Waals surface area contributed by atoms with E-state index < -0.39 is 0 Å². The monoisotopic (exact) mass is 1450 g/mol. The van der Waals surface area contributed by atoms with Crippen molar-refractivity contribution in [3.63, 3.8) is 0 Å². The van der Waals surface area contributed by atoms with Crippen molar-refractivity contribution in [3.05, 3.63) is 306 Å². The molecule has 5 heteroatoms. The van der Waals surface area contributed by atoms with Crippen molar-refractivity contribution in [2.45, 2.75) is 183 Å². The molecular formula is C106H107BN4. The van der Waals surface area contributed by atoms with E-state index in [1.165, 1.54) is 155 Å². The van der Waals surface area contributed by atoms with Crippen molar-refractivity contribution >= 4 is 101 Å². The lowest BCUT2D eigenvalue weighted by molar-refractivity contribution is 0.589. The summed E-state index contributed by atoms with van der Waals surface area (Å²) < 4.78 is 5.05. The molecule has 111 heavy (non-hydrogen) atoms. The van der Waals surface area contributed by atoms with Gasteiger partial charge in [-0.25, -0.2) is 0 Å². The smallest absolute Gasteiger partial charge is 0.252 e. The number of anilines is 6. The molecule has 4 heterocycles. The first-order chi connectivity index (χ1) is 52.5. The molecule has 0 N–H and O–H groups in total. The molecule has 2 aliphatic rings. The summed E-state index contributed by atoms with van der Waals surface area (Å²) in [7, 11) is 0. The molecule has 0 aliphatic carbocycles. The molecule has 0 fully saturated rings. The van der Waals surface area contributed by atoms with Gasteiger partial charge in [-0.15, -0.1) is 0 Å². The first-order valence-corrected chi connectivity index (χ1v) is 40.3. The van der Waals surface area contributed by atoms with E-state index in [-0.39, 0.29) is 44.6 Å². The van der Waals surface area contributed by atoms with Gasteiger partial charge >= 0.3 is 0 Å². The van der Waals surface area contributed by atoms with Gasteiger partial charge in [-0.05, 0) is 200 Å². The van der Waals surface area contributed by atoms with Crippen LogP contribution in [0.4, 0.5) is 34.1 Å². The van der Waals surface area contributed by atoms with Gasteiger partial charge in [-0.1, -0.05) is 327 Å². The lowest BCUT2D eigenvalue weighted by atomic mass is 9.33. The number of aromatic nitrogens is 2. The summed E-state index contributed by atoms with van der Waals surface area (Å²) in [5, 5.41) is 4.93. The minimum atomic E-state index is -0.352. The zero-order valence-corrected chi connectivity index (χ0v) is 69.3. The molecule has 17 rings (SSSR count). The Morgan fingerprint density at radius 3 is 0.694 bits per heavy atom. The lowest BCUT2D eigenvalue weighted by Crippen LogP contribution is -2.61. The first-order valence-electron chi connectivity index (χ1n) is 40.3. The van der Waals surface area contributed by atoms with Crippen LogP contribution >= 0.6 is 0 Å². The molecule has 0 saturated carbocycles. The SMILES string of the molecule is CC(C)(C)c1ccc(-c2cc(C(C)(C)C)cc(-c3ccc(C(C)(C)C)cc3)c2N2c3cc(-n4c5ccccc5c5ccccc54)ccc3B3c4ccc(-n5c6ccccc6c6ccccc65)cc4N(c4c(-c5ccc(C(C)(C)C)cc5)cc(C(C)(C)C)cc4-c4ccc(C(C)(C)C)cc4)c4cc(C(C)(C)C)cc2c43)cc1. The number of benzene rings is 13. The third-order valence-corrected chi connectivity index (χ3v) is 24.2. The normalized spacial score (nSPS) is 13.6. The Hall–Kier alpha value is -10.9. The third-order valence-electron chi connectivity index (χ3n) is 24.2. The predicted molar refractivity (Wildman–Crippen MR) is 482 cm³/mol. The molecule has 0 unspecified atom stereocenters. The van der Waals surface area contributed by atoms with Crippen molar-refractivity contribution < 1.29 is 0 Å². The molecule has 4 nitrogen and oxygen atoms in total. The molecule has 0 spiro atoms. The average Bonchev–Trinajstić information content (AvgIpc) is 1.10. The Morgan fingerprint density at radius 1 is 0.216 bits per heavy atom. The Balaban J connectivity index is 1.08. The van der Waals surface area contributed by atoms with Crippen molar-refractivity contribution in [1.82, 2.24) is 9.13 Å². The molecule has 0 bridgehead atoms. The largest absolute Gasteiger partial charge is 0.310 e. The first kappa shape index (κ1) is 73.0. The maximum atomic E-state index is 2.78. The van der Waals surface area contributed by atoms with Crippen LogP contribution in [0.15, 0.2) is 267 Å². The fourth-order valence-corrected chi connectivity index (χ4v) is 17.7. The predicted octanol–water partition coefficient (Wildman–Crippen LogP) is 27.7. The van der Waals surface area contributed by atoms with Crippen LogP contribution in [0.3, 0.4) is 0 Å². The second-order valence-corrected chi connectivity index (χ2v) is 39.2. The van der Waals surface area contributed by atoms with E-state index in [1.54, 1.807) is 0 Å². The summed E-state index contributed by atoms with van der Waals surface area (Å²) in [6, 6.07) is 105. The Morgan fingerprint density at radius 2 is 0.450 bits per heavy atom. The van der Waals surface area contributed by atoms with E-state index in [0.717, 1.165) is 34.1 Å². The number of rotatable bonds is 8. The summed E-state index contributed by atoms with van der Waals surface area (Å²) >= 11 is 0. The highest BCUT2D eigenvalue weighted by atomic mass is 15.2. The van der Waals surface area contributed by atoms with Gasteiger partial charge in [0.05, 0.1) is 33.4 Å². The third kappa shape index (κ3) is 12.5. The highest BCUT2D eigenvalue weighted by Crippen LogP contribution is 2.56. The summed E-state index contributed by atoms with van der Waals surface area (Å²) in [5.74, 6) is 0. The second kappa shape index (κ2) is 25.9.